The number of methoxy groups -OCH3 is 2. The van der Waals surface area contributed by atoms with Crippen molar-refractivity contribution in [2.24, 2.45) is 5.41 Å². The number of aromatic amines is 2. The summed E-state index contributed by atoms with van der Waals surface area (Å²) >= 11 is 0. The average molecular weight is 777 g/mol. The number of carbonyl (C=O) groups is 4. The van der Waals surface area contributed by atoms with E-state index in [9.17, 15) is 19.2 Å². The largest absolute Gasteiger partial charge is 0.453 e. The van der Waals surface area contributed by atoms with E-state index < -0.39 is 24.3 Å². The van der Waals surface area contributed by atoms with E-state index in [-0.39, 0.29) is 29.3 Å². The summed E-state index contributed by atoms with van der Waals surface area (Å²) < 4.78 is 9.38. The molecule has 2 aromatic carbocycles. The van der Waals surface area contributed by atoms with Crippen molar-refractivity contribution in [2.45, 2.75) is 102 Å². The molecule has 1 spiro atoms. The first-order valence-corrected chi connectivity index (χ1v) is 20.2. The number of amides is 4. The molecular weight excluding hydrogens is 725 g/mol. The third-order valence-corrected chi connectivity index (χ3v) is 12.7. The van der Waals surface area contributed by atoms with Crippen LogP contribution in [0.5, 0.6) is 0 Å². The number of nitrogens with zero attached hydrogens (tertiary/aromatic N) is 4. The Kier molecular flexibility index (Phi) is 10.5. The fourth-order valence-corrected chi connectivity index (χ4v) is 9.76. The zero-order valence-electron chi connectivity index (χ0n) is 33.2. The Balaban J connectivity index is 1.02. The van der Waals surface area contributed by atoms with Gasteiger partial charge in [-0.15, -0.1) is 0 Å². The van der Waals surface area contributed by atoms with Crippen LogP contribution in [0.2, 0.25) is 0 Å². The number of likely N-dealkylation sites (tertiary alicyclic amines) is 2. The lowest BCUT2D eigenvalue weighted by Crippen LogP contribution is -2.46. The number of ether oxygens (including phenoxy) is 2. The van der Waals surface area contributed by atoms with Gasteiger partial charge in [-0.2, -0.15) is 0 Å². The molecule has 2 aromatic heterocycles. The highest BCUT2D eigenvalue weighted by Gasteiger charge is 2.42. The zero-order valence-corrected chi connectivity index (χ0v) is 33.2. The lowest BCUT2D eigenvalue weighted by molar-refractivity contribution is -0.134. The summed E-state index contributed by atoms with van der Waals surface area (Å²) in [6.45, 7) is 4.56. The highest BCUT2D eigenvalue weighted by atomic mass is 16.5. The molecule has 2 saturated heterocycles. The molecule has 8 rings (SSSR count). The highest BCUT2D eigenvalue weighted by molar-refractivity contribution is 5.86. The number of aromatic nitrogens is 4. The van der Waals surface area contributed by atoms with Crippen LogP contribution in [0, 0.1) is 5.41 Å². The van der Waals surface area contributed by atoms with E-state index in [4.69, 9.17) is 14.7 Å². The van der Waals surface area contributed by atoms with Crippen molar-refractivity contribution in [1.29, 1.82) is 0 Å². The van der Waals surface area contributed by atoms with E-state index >= 15 is 0 Å². The molecule has 0 bridgehead atoms. The number of H-pyrrole nitrogens is 2. The van der Waals surface area contributed by atoms with Gasteiger partial charge in [-0.3, -0.25) is 9.59 Å². The van der Waals surface area contributed by atoms with E-state index in [0.29, 0.717) is 13.1 Å². The van der Waals surface area contributed by atoms with Crippen LogP contribution in [0.25, 0.3) is 33.6 Å². The van der Waals surface area contributed by atoms with Gasteiger partial charge in [0.05, 0.1) is 50.1 Å². The molecule has 4 atom stereocenters. The topological polar surface area (TPSA) is 175 Å². The van der Waals surface area contributed by atoms with E-state index in [1.807, 2.05) is 17.3 Å². The number of fused-ring (bicyclic) bond motifs is 1. The van der Waals surface area contributed by atoms with Crippen LogP contribution < -0.4 is 10.6 Å². The number of benzene rings is 2. The molecule has 2 aliphatic carbocycles. The van der Waals surface area contributed by atoms with Crippen molar-refractivity contribution in [1.82, 2.24) is 40.4 Å². The molecule has 14 nitrogen and oxygen atoms in total. The minimum atomic E-state index is -0.704. The van der Waals surface area contributed by atoms with Gasteiger partial charge in [0.2, 0.25) is 11.8 Å². The van der Waals surface area contributed by atoms with Gasteiger partial charge >= 0.3 is 12.2 Å². The van der Waals surface area contributed by atoms with E-state index in [1.54, 1.807) is 18.7 Å². The number of nitrogens with one attached hydrogen (secondary N) is 4. The molecule has 3 fully saturated rings. The van der Waals surface area contributed by atoms with Gasteiger partial charge in [0.25, 0.3) is 0 Å². The number of hydrogen-bond acceptors (Lipinski definition) is 8. The van der Waals surface area contributed by atoms with Crippen molar-refractivity contribution < 1.29 is 28.7 Å². The molecular formula is C43H52N8O6. The smallest absolute Gasteiger partial charge is 0.407 e. The Morgan fingerprint density at radius 3 is 1.70 bits per heavy atom. The minimum absolute atomic E-state index is 0.151. The number of carbonyl (C=O) groups excluding carboxylic acids is 4. The average Bonchev–Trinajstić information content (AvgIpc) is 4.08. The van der Waals surface area contributed by atoms with Crippen molar-refractivity contribution >= 4 is 24.0 Å². The molecule has 14 heteroatoms. The maximum Gasteiger partial charge on any atom is 0.407 e. The Hall–Kier alpha value is -5.66. The molecule has 4 N–H and O–H groups in total. The van der Waals surface area contributed by atoms with Crippen molar-refractivity contribution in [3.8, 4) is 33.6 Å². The predicted octanol–water partition coefficient (Wildman–Crippen LogP) is 6.61. The van der Waals surface area contributed by atoms with Gasteiger partial charge in [0, 0.05) is 18.7 Å². The summed E-state index contributed by atoms with van der Waals surface area (Å²) in [5.41, 5.74) is 9.51. The molecule has 4 unspecified atom stereocenters. The van der Waals surface area contributed by atoms with Crippen LogP contribution in [0.3, 0.4) is 0 Å². The number of rotatable bonds is 9. The normalized spacial score (nSPS) is 20.7. The second-order valence-corrected chi connectivity index (χ2v) is 16.2. The van der Waals surface area contributed by atoms with E-state index in [1.165, 1.54) is 62.2 Å². The van der Waals surface area contributed by atoms with Crippen LogP contribution in [-0.2, 0) is 31.9 Å². The van der Waals surface area contributed by atoms with Gasteiger partial charge in [0.1, 0.15) is 23.7 Å². The summed E-state index contributed by atoms with van der Waals surface area (Å²) in [6, 6.07) is 11.3. The number of hydrogen-bond donors (Lipinski definition) is 4. The molecule has 2 aliphatic heterocycles. The van der Waals surface area contributed by atoms with Crippen molar-refractivity contribution in [3.63, 3.8) is 0 Å². The lowest BCUT2D eigenvalue weighted by atomic mass is 9.82. The summed E-state index contributed by atoms with van der Waals surface area (Å²) in [7, 11) is 2.57. The summed E-state index contributed by atoms with van der Waals surface area (Å²) in [4.78, 5) is 70.3. The summed E-state index contributed by atoms with van der Waals surface area (Å²) in [5, 5.41) is 5.19. The standard InChI is InChI=1S/C43H52N8O6/c1-25(46-41(54)56-3)39(52)50-19-7-9-35(50)37-44-23-33(48-37)28-13-11-27(12-14-28)29-15-16-30(32-22-43(21-31(29)32)17-5-6-18-43)34-24-45-38(49-34)36-10-8-20-51(36)40(53)26(2)47-42(55)57-4/h11-16,23-26,35-36H,5-10,17-22H2,1-4H3,(H,44,48)(H,45,49)(H,46,54)(H,47,55). The summed E-state index contributed by atoms with van der Waals surface area (Å²) in [5.74, 6) is 1.19. The molecule has 57 heavy (non-hydrogen) atoms. The summed E-state index contributed by atoms with van der Waals surface area (Å²) in [6.07, 6.45) is 12.9. The number of alkyl carbamates (subject to hydrolysis) is 2. The molecule has 300 valence electrons. The maximum atomic E-state index is 13.4. The van der Waals surface area contributed by atoms with Gasteiger partial charge in [0.15, 0.2) is 0 Å². The molecule has 1 saturated carbocycles. The van der Waals surface area contributed by atoms with E-state index in [2.05, 4.69) is 61.7 Å². The fourth-order valence-electron chi connectivity index (χ4n) is 9.76. The second-order valence-electron chi connectivity index (χ2n) is 16.2. The van der Waals surface area contributed by atoms with Gasteiger partial charge in [-0.05, 0) is 98.4 Å². The lowest BCUT2D eigenvalue weighted by Gasteiger charge is -2.26. The Morgan fingerprint density at radius 1 is 0.684 bits per heavy atom. The molecule has 0 radical (unpaired) electrons. The Labute approximate surface area is 332 Å². The van der Waals surface area contributed by atoms with Crippen LogP contribution >= 0.6 is 0 Å². The van der Waals surface area contributed by atoms with Crippen LogP contribution in [-0.4, -0.2) is 93.1 Å². The predicted molar refractivity (Wildman–Crippen MR) is 213 cm³/mol. The maximum absolute atomic E-state index is 13.4. The fraction of sp³-hybridized carbons (Fsp3) is 0.488. The SMILES string of the molecule is COC(=O)NC(C)C(=O)N1CCCC1c1ncc(-c2ccc(-c3ccc(-c4cnc(C5CCCN5C(=O)C(C)NC(=O)OC)[nH]4)c4c3CC3(CCCC3)C4)cc2)[nH]1. The van der Waals surface area contributed by atoms with Crippen LogP contribution in [0.1, 0.15) is 100 Å². The minimum Gasteiger partial charge on any atom is -0.453 e. The van der Waals surface area contributed by atoms with Crippen LogP contribution in [0.4, 0.5) is 9.59 Å². The molecule has 4 aromatic rings. The molecule has 4 amide bonds. The first kappa shape index (κ1) is 38.2. The Morgan fingerprint density at radius 2 is 1.16 bits per heavy atom. The Bertz CT molecular complexity index is 2150. The quantitative estimate of drug-likeness (QED) is 0.147. The second kappa shape index (κ2) is 15.7. The van der Waals surface area contributed by atoms with Gasteiger partial charge < -0.3 is 39.9 Å². The van der Waals surface area contributed by atoms with Gasteiger partial charge in [-0.25, -0.2) is 19.6 Å². The first-order chi connectivity index (χ1) is 27.6. The third-order valence-electron chi connectivity index (χ3n) is 12.7. The highest BCUT2D eigenvalue weighted by Crippen LogP contribution is 2.53. The zero-order chi connectivity index (χ0) is 39.8. The molecule has 4 heterocycles. The van der Waals surface area contributed by atoms with E-state index in [0.717, 1.165) is 72.7 Å². The van der Waals surface area contributed by atoms with Gasteiger partial charge in [-0.1, -0.05) is 49.2 Å². The monoisotopic (exact) mass is 776 g/mol. The van der Waals surface area contributed by atoms with Crippen molar-refractivity contribution in [3.05, 3.63) is 71.6 Å². The molecule has 4 aliphatic rings. The first-order valence-electron chi connectivity index (χ1n) is 20.2. The van der Waals surface area contributed by atoms with Crippen LogP contribution in [0.15, 0.2) is 48.8 Å². The van der Waals surface area contributed by atoms with Crippen molar-refractivity contribution in [2.75, 3.05) is 27.3 Å². The number of imidazole rings is 2. The third kappa shape index (κ3) is 7.37.